The van der Waals surface area contributed by atoms with Crippen LogP contribution in [0.25, 0.3) is 0 Å². The zero-order valence-corrected chi connectivity index (χ0v) is 15.1. The Kier molecular flexibility index (Phi) is 3.56. The zero-order valence-electron chi connectivity index (χ0n) is 14.4. The van der Waals surface area contributed by atoms with Crippen LogP contribution in [0.3, 0.4) is 0 Å². The minimum Gasteiger partial charge on any atom is -1.00 e. The van der Waals surface area contributed by atoms with E-state index in [9.17, 15) is 10.2 Å². The highest BCUT2D eigenvalue weighted by atomic mass is 35.5. The first kappa shape index (κ1) is 17.0. The van der Waals surface area contributed by atoms with E-state index in [0.29, 0.717) is 17.7 Å². The lowest BCUT2D eigenvalue weighted by atomic mass is 9.52. The normalized spacial score (nSPS) is 42.2. The number of benzene rings is 1. The van der Waals surface area contributed by atoms with Gasteiger partial charge in [-0.2, -0.15) is 0 Å². The van der Waals surface area contributed by atoms with Crippen LogP contribution < -0.4 is 17.1 Å². The van der Waals surface area contributed by atoms with Crippen LogP contribution in [0.2, 0.25) is 0 Å². The fraction of sp³-hybridized carbons (Fsp3) is 0.500. The number of phenols is 1. The first-order valence-electron chi connectivity index (χ1n) is 8.85. The molecule has 2 heterocycles. The molecule has 1 aromatic carbocycles. The number of piperidine rings is 1. The minimum absolute atomic E-state index is 0. The molecule has 134 valence electrons. The predicted molar refractivity (Wildman–Crippen MR) is 91.1 cm³/mol. The van der Waals surface area contributed by atoms with Gasteiger partial charge in [0.05, 0.1) is 25.6 Å². The number of phenolic OH excluding ortho intramolecular Hbond substituents is 1. The summed E-state index contributed by atoms with van der Waals surface area (Å²) in [6.07, 6.45) is 7.20. The highest BCUT2D eigenvalue weighted by molar-refractivity contribution is 5.61. The van der Waals surface area contributed by atoms with Crippen LogP contribution in [0.4, 0.5) is 0 Å². The molecule has 6 atom stereocenters. The Balaban J connectivity index is 0.00000157. The average Bonchev–Trinajstić information content (AvgIpc) is 2.91. The third-order valence-electron chi connectivity index (χ3n) is 7.09. The van der Waals surface area contributed by atoms with Gasteiger partial charge in [-0.25, -0.2) is 0 Å². The Morgan fingerprint density at radius 2 is 2.20 bits per heavy atom. The average molecular weight is 362 g/mol. The first-order valence-corrected chi connectivity index (χ1v) is 8.85. The molecule has 4 aliphatic rings. The van der Waals surface area contributed by atoms with Crippen LogP contribution in [0, 0.1) is 5.92 Å². The molecule has 4 nitrogen and oxygen atoms in total. The maximum atomic E-state index is 10.6. The largest absolute Gasteiger partial charge is 1.00 e. The highest BCUT2D eigenvalue weighted by Gasteiger charge is 2.67. The molecular formula is C20H24ClNO3. The Morgan fingerprint density at radius 3 is 2.96 bits per heavy atom. The number of nitrogens with zero attached hydrogens (tertiary/aromatic N) is 1. The number of quaternary nitrogens is 1. The number of hydrogen-bond acceptors (Lipinski definition) is 3. The fourth-order valence-electron chi connectivity index (χ4n) is 6.02. The van der Waals surface area contributed by atoms with Gasteiger partial charge in [0.2, 0.25) is 0 Å². The van der Waals surface area contributed by atoms with Crippen LogP contribution in [-0.2, 0) is 11.8 Å². The Hall–Kier alpha value is -1.49. The molecule has 2 bridgehead atoms. The maximum absolute atomic E-state index is 10.6. The number of hydrogen-bond donors (Lipinski definition) is 2. The van der Waals surface area contributed by atoms with E-state index in [1.54, 1.807) is 6.07 Å². The molecule has 1 saturated heterocycles. The summed E-state index contributed by atoms with van der Waals surface area (Å²) in [5.41, 5.74) is 2.25. The molecule has 5 rings (SSSR count). The lowest BCUT2D eigenvalue weighted by Gasteiger charge is -2.59. The monoisotopic (exact) mass is 361 g/mol. The number of likely N-dealkylation sites (tertiary alicyclic amines) is 1. The molecule has 2 aliphatic carbocycles. The van der Waals surface area contributed by atoms with Gasteiger partial charge in [-0.1, -0.05) is 24.8 Å². The lowest BCUT2D eigenvalue weighted by molar-refractivity contribution is -0.938. The van der Waals surface area contributed by atoms with E-state index in [1.165, 1.54) is 11.1 Å². The van der Waals surface area contributed by atoms with Crippen molar-refractivity contribution in [3.8, 4) is 11.5 Å². The van der Waals surface area contributed by atoms with Crippen LogP contribution in [-0.4, -0.2) is 53.1 Å². The molecule has 0 radical (unpaired) electrons. The molecule has 2 aliphatic heterocycles. The van der Waals surface area contributed by atoms with Crippen molar-refractivity contribution in [3.63, 3.8) is 0 Å². The van der Waals surface area contributed by atoms with Crippen molar-refractivity contribution in [3.05, 3.63) is 48.1 Å². The number of aliphatic hydroxyl groups is 1. The number of ether oxygens (including phenoxy) is 1. The van der Waals surface area contributed by atoms with E-state index in [2.05, 4.69) is 25.8 Å². The molecular weight excluding hydrogens is 338 g/mol. The molecule has 0 aromatic heterocycles. The number of likely N-dealkylation sites (N-methyl/N-ethyl adjacent to an activating group) is 1. The van der Waals surface area contributed by atoms with Gasteiger partial charge in [0.15, 0.2) is 11.5 Å². The van der Waals surface area contributed by atoms with Crippen molar-refractivity contribution in [1.29, 1.82) is 0 Å². The first-order chi connectivity index (χ1) is 11.5. The molecule has 1 unspecified atom stereocenters. The van der Waals surface area contributed by atoms with E-state index < -0.39 is 6.10 Å². The fourth-order valence-corrected chi connectivity index (χ4v) is 6.02. The van der Waals surface area contributed by atoms with Crippen LogP contribution in [0.1, 0.15) is 17.5 Å². The summed E-state index contributed by atoms with van der Waals surface area (Å²) in [5.74, 6) is 1.15. The topological polar surface area (TPSA) is 49.7 Å². The highest BCUT2D eigenvalue weighted by Crippen LogP contribution is 2.63. The van der Waals surface area contributed by atoms with Gasteiger partial charge < -0.3 is 31.8 Å². The van der Waals surface area contributed by atoms with Gasteiger partial charge in [-0.15, -0.1) is 0 Å². The molecule has 25 heavy (non-hydrogen) atoms. The molecule has 2 N–H and O–H groups in total. The van der Waals surface area contributed by atoms with Crippen molar-refractivity contribution in [2.24, 2.45) is 5.92 Å². The van der Waals surface area contributed by atoms with Gasteiger partial charge in [0.1, 0.15) is 18.2 Å². The van der Waals surface area contributed by atoms with Crippen LogP contribution >= 0.6 is 0 Å². The van der Waals surface area contributed by atoms with Crippen molar-refractivity contribution in [1.82, 2.24) is 0 Å². The quantitative estimate of drug-likeness (QED) is 0.519. The van der Waals surface area contributed by atoms with Crippen molar-refractivity contribution >= 4 is 0 Å². The molecule has 1 fully saturated rings. The van der Waals surface area contributed by atoms with Gasteiger partial charge in [0, 0.05) is 24.3 Å². The van der Waals surface area contributed by atoms with E-state index in [-0.39, 0.29) is 29.7 Å². The molecule has 0 amide bonds. The summed E-state index contributed by atoms with van der Waals surface area (Å²) in [4.78, 5) is 0. The standard InChI is InChI=1S/C20H23NO3.ClH/c1-3-9-21(2)10-8-20-13-5-7-16(23)19(20)24-18-15(22)6-4-12(17(18)20)11-14(13)21;/h3-7,13-14,16,19,23H,1,8-11H2,2H3;1H/t13-,14+,16-,19-,20-,21?;/m0./s1. The third kappa shape index (κ3) is 1.85. The third-order valence-corrected chi connectivity index (χ3v) is 7.09. The molecule has 1 spiro atoms. The summed E-state index contributed by atoms with van der Waals surface area (Å²) in [7, 11) is 2.33. The van der Waals surface area contributed by atoms with E-state index >= 15 is 0 Å². The predicted octanol–water partition coefficient (Wildman–Crippen LogP) is -1.10. The summed E-state index contributed by atoms with van der Waals surface area (Å²) >= 11 is 0. The second-order valence-corrected chi connectivity index (χ2v) is 8.12. The van der Waals surface area contributed by atoms with E-state index in [1.807, 2.05) is 12.2 Å². The maximum Gasteiger partial charge on any atom is 0.165 e. The second kappa shape index (κ2) is 5.26. The van der Waals surface area contributed by atoms with Crippen LogP contribution in [0.5, 0.6) is 11.5 Å². The van der Waals surface area contributed by atoms with Crippen LogP contribution in [0.15, 0.2) is 36.9 Å². The molecule has 1 aromatic rings. The number of aromatic hydroxyl groups is 1. The van der Waals surface area contributed by atoms with E-state index in [0.717, 1.165) is 30.4 Å². The summed E-state index contributed by atoms with van der Waals surface area (Å²) in [5, 5.41) is 20.9. The zero-order chi connectivity index (χ0) is 16.7. The Morgan fingerprint density at radius 1 is 1.40 bits per heavy atom. The molecule has 5 heteroatoms. The minimum atomic E-state index is -0.615. The van der Waals surface area contributed by atoms with Gasteiger partial charge in [-0.05, 0) is 17.7 Å². The summed E-state index contributed by atoms with van der Waals surface area (Å²) in [6.45, 7) is 5.97. The lowest BCUT2D eigenvalue weighted by Crippen LogP contribution is -3.00. The van der Waals surface area contributed by atoms with Gasteiger partial charge >= 0.3 is 0 Å². The number of rotatable bonds is 2. The summed E-state index contributed by atoms with van der Waals surface area (Å²) < 4.78 is 7.16. The van der Waals surface area contributed by atoms with Crippen molar-refractivity contribution in [2.45, 2.75) is 36.5 Å². The van der Waals surface area contributed by atoms with Crippen molar-refractivity contribution in [2.75, 3.05) is 20.1 Å². The smallest absolute Gasteiger partial charge is 0.165 e. The Bertz CT molecular complexity index is 778. The number of halogens is 1. The second-order valence-electron chi connectivity index (χ2n) is 8.12. The Labute approximate surface area is 154 Å². The van der Waals surface area contributed by atoms with Gasteiger partial charge in [0.25, 0.3) is 0 Å². The summed E-state index contributed by atoms with van der Waals surface area (Å²) in [6, 6.07) is 4.25. The van der Waals surface area contributed by atoms with Crippen molar-refractivity contribution < 1.29 is 31.8 Å². The van der Waals surface area contributed by atoms with Gasteiger partial charge in [-0.3, -0.25) is 0 Å². The molecule has 0 saturated carbocycles. The van der Waals surface area contributed by atoms with E-state index in [4.69, 9.17) is 4.74 Å². The number of aliphatic hydroxyl groups excluding tert-OH is 1. The SMILES string of the molecule is C=CC[N+]1(C)CC[C@]23c4c5ccc(O)c4O[C@H]2[C@@H](O)C=C[C@H]3[C@H]1C5.[Cl-].